The highest BCUT2D eigenvalue weighted by atomic mass is 35.5. The summed E-state index contributed by atoms with van der Waals surface area (Å²) in [5, 5.41) is 5.14. The van der Waals surface area contributed by atoms with Gasteiger partial charge in [0.15, 0.2) is 0 Å². The summed E-state index contributed by atoms with van der Waals surface area (Å²) in [6.07, 6.45) is 0. The third-order valence-corrected chi connectivity index (χ3v) is 3.55. The minimum Gasteiger partial charge on any atom is -0.301 e. The number of nitrogens with one attached hydrogen (secondary N) is 1. The predicted octanol–water partition coefficient (Wildman–Crippen LogP) is 3.33. The fraction of sp³-hybridized carbons (Fsp3) is 0.333. The first-order valence-corrected chi connectivity index (χ1v) is 5.87. The topological polar surface area (TPSA) is 12.0 Å². The molecule has 1 unspecified atom stereocenters. The third kappa shape index (κ3) is 2.32. The molecule has 0 spiro atoms. The summed E-state index contributed by atoms with van der Waals surface area (Å²) in [7, 11) is 0. The zero-order valence-corrected chi connectivity index (χ0v) is 9.22. The number of halogens is 2. The largest absolute Gasteiger partial charge is 0.301 e. The molecule has 0 amide bonds. The van der Waals surface area contributed by atoms with Crippen molar-refractivity contribution in [1.29, 1.82) is 0 Å². The van der Waals surface area contributed by atoms with Crippen molar-refractivity contribution in [3.05, 3.63) is 33.8 Å². The first-order chi connectivity index (χ1) is 6.25. The van der Waals surface area contributed by atoms with Gasteiger partial charge in [-0.15, -0.1) is 11.8 Å². The van der Waals surface area contributed by atoms with Gasteiger partial charge in [0.2, 0.25) is 0 Å². The normalized spacial score (nSPS) is 22.2. The molecule has 1 atom stereocenters. The quantitative estimate of drug-likeness (QED) is 0.799. The number of hydrogen-bond acceptors (Lipinski definition) is 2. The molecule has 0 radical (unpaired) electrons. The number of thioether (sulfide) groups is 1. The van der Waals surface area contributed by atoms with E-state index in [-0.39, 0.29) is 0 Å². The summed E-state index contributed by atoms with van der Waals surface area (Å²) in [4.78, 5) is 0. The number of rotatable bonds is 1. The molecule has 1 saturated heterocycles. The molecule has 1 aliphatic heterocycles. The fourth-order valence-electron chi connectivity index (χ4n) is 1.37. The van der Waals surface area contributed by atoms with E-state index in [1.165, 1.54) is 5.56 Å². The molecular formula is C9H9Cl2NS. The van der Waals surface area contributed by atoms with E-state index in [1.807, 2.05) is 23.9 Å². The van der Waals surface area contributed by atoms with Crippen molar-refractivity contribution in [2.24, 2.45) is 0 Å². The summed E-state index contributed by atoms with van der Waals surface area (Å²) < 4.78 is 0. The maximum Gasteiger partial charge on any atom is 0.0791 e. The van der Waals surface area contributed by atoms with Crippen LogP contribution in [0.25, 0.3) is 0 Å². The average Bonchev–Trinajstić information content (AvgIpc) is 2.53. The summed E-state index contributed by atoms with van der Waals surface area (Å²) in [5.41, 5.74) is 1.17. The fourth-order valence-corrected chi connectivity index (χ4v) is 2.94. The highest BCUT2D eigenvalue weighted by molar-refractivity contribution is 7.99. The van der Waals surface area contributed by atoms with E-state index in [4.69, 9.17) is 23.2 Å². The number of hydrogen-bond donors (Lipinski definition) is 1. The zero-order chi connectivity index (χ0) is 9.26. The second-order valence-electron chi connectivity index (χ2n) is 2.91. The van der Waals surface area contributed by atoms with E-state index in [0.29, 0.717) is 15.4 Å². The molecule has 0 aliphatic carbocycles. The molecule has 1 fully saturated rings. The Balaban J connectivity index is 2.28. The highest BCUT2D eigenvalue weighted by Crippen LogP contribution is 2.32. The molecule has 1 aromatic carbocycles. The lowest BCUT2D eigenvalue weighted by molar-refractivity contribution is 0.751. The first-order valence-electron chi connectivity index (χ1n) is 4.07. The van der Waals surface area contributed by atoms with Crippen LogP contribution in [-0.2, 0) is 0 Å². The Kier molecular flexibility index (Phi) is 3.04. The smallest absolute Gasteiger partial charge is 0.0791 e. The van der Waals surface area contributed by atoms with E-state index < -0.39 is 0 Å². The molecule has 1 N–H and O–H groups in total. The third-order valence-electron chi connectivity index (χ3n) is 1.90. The van der Waals surface area contributed by atoms with Crippen molar-refractivity contribution >= 4 is 35.0 Å². The first kappa shape index (κ1) is 9.66. The van der Waals surface area contributed by atoms with Crippen LogP contribution in [0.15, 0.2) is 18.2 Å². The molecular weight excluding hydrogens is 225 g/mol. The summed E-state index contributed by atoms with van der Waals surface area (Å²) >= 11 is 13.7. The molecule has 1 heterocycles. The van der Waals surface area contributed by atoms with Gasteiger partial charge >= 0.3 is 0 Å². The minimum atomic E-state index is 0.358. The van der Waals surface area contributed by atoms with Crippen LogP contribution in [0, 0.1) is 0 Å². The average molecular weight is 234 g/mol. The molecule has 70 valence electrons. The van der Waals surface area contributed by atoms with E-state index in [2.05, 4.69) is 5.32 Å². The molecule has 0 bridgehead atoms. The minimum absolute atomic E-state index is 0.358. The van der Waals surface area contributed by atoms with Crippen molar-refractivity contribution < 1.29 is 0 Å². The van der Waals surface area contributed by atoms with Crippen molar-refractivity contribution in [3.63, 3.8) is 0 Å². The lowest BCUT2D eigenvalue weighted by atomic mass is 10.2. The highest BCUT2D eigenvalue weighted by Gasteiger charge is 2.17. The van der Waals surface area contributed by atoms with Crippen LogP contribution >= 0.6 is 35.0 Å². The maximum atomic E-state index is 5.91. The monoisotopic (exact) mass is 233 g/mol. The molecule has 0 saturated carbocycles. The van der Waals surface area contributed by atoms with Gasteiger partial charge < -0.3 is 5.32 Å². The Hall–Kier alpha value is 0.110. The standard InChI is InChI=1S/C9H9Cl2NS/c10-7-3-6(4-8(11)5-7)9-12-1-2-13-9/h3-5,9,12H,1-2H2. The Labute approximate surface area is 91.8 Å². The van der Waals surface area contributed by atoms with Gasteiger partial charge in [0.25, 0.3) is 0 Å². The zero-order valence-electron chi connectivity index (χ0n) is 6.89. The summed E-state index contributed by atoms with van der Waals surface area (Å²) in [6, 6.07) is 5.68. The van der Waals surface area contributed by atoms with Crippen LogP contribution in [0.4, 0.5) is 0 Å². The summed E-state index contributed by atoms with van der Waals surface area (Å²) in [5.74, 6) is 1.15. The second kappa shape index (κ2) is 4.09. The molecule has 1 nitrogen and oxygen atoms in total. The van der Waals surface area contributed by atoms with Gasteiger partial charge in [0.1, 0.15) is 0 Å². The molecule has 1 aliphatic rings. The lowest BCUT2D eigenvalue weighted by Crippen LogP contribution is -2.11. The molecule has 13 heavy (non-hydrogen) atoms. The van der Waals surface area contributed by atoms with E-state index in [1.54, 1.807) is 6.07 Å². The molecule has 0 aromatic heterocycles. The SMILES string of the molecule is Clc1cc(Cl)cc(C2NCCS2)c1. The van der Waals surface area contributed by atoms with Crippen LogP contribution in [0.5, 0.6) is 0 Å². The van der Waals surface area contributed by atoms with E-state index in [0.717, 1.165) is 12.3 Å². The molecule has 1 aromatic rings. The molecule has 4 heteroatoms. The molecule has 2 rings (SSSR count). The van der Waals surface area contributed by atoms with Crippen LogP contribution in [0.1, 0.15) is 10.9 Å². The summed E-state index contributed by atoms with van der Waals surface area (Å²) in [6.45, 7) is 1.06. The van der Waals surface area contributed by atoms with Crippen molar-refractivity contribution in [2.75, 3.05) is 12.3 Å². The Morgan fingerprint density at radius 1 is 1.23 bits per heavy atom. The van der Waals surface area contributed by atoms with Gasteiger partial charge in [-0.2, -0.15) is 0 Å². The van der Waals surface area contributed by atoms with E-state index >= 15 is 0 Å². The van der Waals surface area contributed by atoms with Gasteiger partial charge in [-0.1, -0.05) is 23.2 Å². The van der Waals surface area contributed by atoms with Crippen LogP contribution in [-0.4, -0.2) is 12.3 Å². The van der Waals surface area contributed by atoms with Crippen LogP contribution < -0.4 is 5.32 Å². The van der Waals surface area contributed by atoms with Gasteiger partial charge in [-0.3, -0.25) is 0 Å². The lowest BCUT2D eigenvalue weighted by Gasteiger charge is -2.10. The number of benzene rings is 1. The van der Waals surface area contributed by atoms with Gasteiger partial charge in [-0.25, -0.2) is 0 Å². The Morgan fingerprint density at radius 2 is 1.92 bits per heavy atom. The Morgan fingerprint density at radius 3 is 2.46 bits per heavy atom. The predicted molar refractivity (Wildman–Crippen MR) is 59.7 cm³/mol. The van der Waals surface area contributed by atoms with Gasteiger partial charge in [0, 0.05) is 22.3 Å². The maximum absolute atomic E-state index is 5.91. The Bertz CT molecular complexity index is 290. The van der Waals surface area contributed by atoms with E-state index in [9.17, 15) is 0 Å². The van der Waals surface area contributed by atoms with Crippen molar-refractivity contribution in [2.45, 2.75) is 5.37 Å². The second-order valence-corrected chi connectivity index (χ2v) is 4.99. The van der Waals surface area contributed by atoms with Gasteiger partial charge in [0.05, 0.1) is 5.37 Å². The van der Waals surface area contributed by atoms with Crippen LogP contribution in [0.2, 0.25) is 10.0 Å². The van der Waals surface area contributed by atoms with Gasteiger partial charge in [-0.05, 0) is 23.8 Å². The van der Waals surface area contributed by atoms with Crippen molar-refractivity contribution in [1.82, 2.24) is 5.32 Å². The van der Waals surface area contributed by atoms with Crippen LogP contribution in [0.3, 0.4) is 0 Å². The van der Waals surface area contributed by atoms with Crippen molar-refractivity contribution in [3.8, 4) is 0 Å².